The van der Waals surface area contributed by atoms with Crippen molar-refractivity contribution in [1.29, 1.82) is 0 Å². The van der Waals surface area contributed by atoms with Crippen LogP contribution in [-0.2, 0) is 9.98 Å². The average molecular weight is 302 g/mol. The Morgan fingerprint density at radius 1 is 1.24 bits per heavy atom. The molecule has 4 nitrogen and oxygen atoms in total. The first-order valence-corrected chi connectivity index (χ1v) is 9.55. The third kappa shape index (κ3) is 2.60. The van der Waals surface area contributed by atoms with Crippen LogP contribution >= 0.6 is 7.14 Å². The van der Waals surface area contributed by atoms with Crippen LogP contribution in [0.3, 0.4) is 0 Å². The molecule has 1 heterocycles. The number of aromatic nitrogens is 2. The lowest BCUT2D eigenvalue weighted by Gasteiger charge is -2.37. The fourth-order valence-electron chi connectivity index (χ4n) is 2.76. The van der Waals surface area contributed by atoms with Crippen molar-refractivity contribution in [1.82, 2.24) is 10.1 Å². The summed E-state index contributed by atoms with van der Waals surface area (Å²) in [5.41, 5.74) is 2.05. The van der Waals surface area contributed by atoms with Crippen LogP contribution in [-0.4, -0.2) is 23.5 Å². The highest BCUT2D eigenvalue weighted by Crippen LogP contribution is 2.45. The molecule has 110 valence electrons. The van der Waals surface area contributed by atoms with Crippen molar-refractivity contribution in [2.45, 2.75) is 25.2 Å². The lowest BCUT2D eigenvalue weighted by Crippen LogP contribution is -2.33. The molecule has 0 atom stereocenters. The highest BCUT2D eigenvalue weighted by molar-refractivity contribution is 7.70. The van der Waals surface area contributed by atoms with Gasteiger partial charge in [0.2, 0.25) is 0 Å². The van der Waals surface area contributed by atoms with Gasteiger partial charge in [-0.3, -0.25) is 0 Å². The van der Waals surface area contributed by atoms with Crippen LogP contribution in [0.5, 0.6) is 0 Å². The van der Waals surface area contributed by atoms with Crippen LogP contribution in [0.15, 0.2) is 40.9 Å². The van der Waals surface area contributed by atoms with Gasteiger partial charge in [-0.15, -0.1) is 0 Å². The van der Waals surface area contributed by atoms with E-state index >= 15 is 0 Å². The standard InChI is InChI=1S/C16H19N2O2P/c1-11-9-16(2,10-11)15-17-14(20-18-15)12-5-7-13(8-6-12)21(3,4)19/h5-8H,1,9-10H2,2-4H3. The SMILES string of the molecule is C=C1CC(C)(c2noc(-c3ccc(P(C)(C)=O)cc3)n2)C1. The van der Waals surface area contributed by atoms with E-state index in [1.165, 1.54) is 5.57 Å². The molecule has 1 aromatic carbocycles. The van der Waals surface area contributed by atoms with Crippen LogP contribution in [0.1, 0.15) is 25.6 Å². The Morgan fingerprint density at radius 3 is 2.38 bits per heavy atom. The van der Waals surface area contributed by atoms with Gasteiger partial charge in [0, 0.05) is 16.3 Å². The second-order valence-corrected chi connectivity index (χ2v) is 9.70. The molecule has 1 fully saturated rings. The molecule has 0 bridgehead atoms. The molecule has 1 saturated carbocycles. The minimum atomic E-state index is -2.23. The van der Waals surface area contributed by atoms with Gasteiger partial charge in [-0.05, 0) is 38.3 Å². The number of allylic oxidation sites excluding steroid dienone is 1. The second-order valence-electron chi connectivity index (χ2n) is 6.49. The van der Waals surface area contributed by atoms with Crippen LogP contribution in [0.4, 0.5) is 0 Å². The van der Waals surface area contributed by atoms with Crippen molar-refractivity contribution >= 4 is 12.4 Å². The molecule has 1 aliphatic rings. The fourth-order valence-corrected chi connectivity index (χ4v) is 3.63. The third-order valence-corrected chi connectivity index (χ3v) is 5.52. The summed E-state index contributed by atoms with van der Waals surface area (Å²) in [6.45, 7) is 9.62. The van der Waals surface area contributed by atoms with Gasteiger partial charge in [0.05, 0.1) is 0 Å². The van der Waals surface area contributed by atoms with Gasteiger partial charge in [-0.25, -0.2) is 0 Å². The van der Waals surface area contributed by atoms with Gasteiger partial charge in [0.25, 0.3) is 5.89 Å². The van der Waals surface area contributed by atoms with E-state index in [2.05, 4.69) is 23.6 Å². The maximum Gasteiger partial charge on any atom is 0.257 e. The normalized spacial score (nSPS) is 17.6. The largest absolute Gasteiger partial charge is 0.334 e. The second kappa shape index (κ2) is 4.67. The Hall–Kier alpha value is -1.67. The summed E-state index contributed by atoms with van der Waals surface area (Å²) in [6, 6.07) is 7.50. The molecule has 0 amide bonds. The third-order valence-electron chi connectivity index (χ3n) is 3.98. The van der Waals surface area contributed by atoms with E-state index in [1.807, 2.05) is 24.3 Å². The van der Waals surface area contributed by atoms with Gasteiger partial charge >= 0.3 is 0 Å². The zero-order chi connectivity index (χ0) is 15.3. The Kier molecular flexibility index (Phi) is 3.18. The van der Waals surface area contributed by atoms with Gasteiger partial charge in [-0.1, -0.05) is 36.4 Å². The molecular formula is C16H19N2O2P. The molecule has 5 heteroatoms. The van der Waals surface area contributed by atoms with E-state index in [1.54, 1.807) is 13.3 Å². The minimum Gasteiger partial charge on any atom is -0.334 e. The molecule has 0 N–H and O–H groups in total. The van der Waals surface area contributed by atoms with Gasteiger partial charge in [0.15, 0.2) is 5.82 Å². The van der Waals surface area contributed by atoms with Crippen molar-refractivity contribution in [3.63, 3.8) is 0 Å². The summed E-state index contributed by atoms with van der Waals surface area (Å²) in [7, 11) is -2.23. The number of benzene rings is 1. The average Bonchev–Trinajstić information content (AvgIpc) is 2.86. The Labute approximate surface area is 124 Å². The predicted octanol–water partition coefficient (Wildman–Crippen LogP) is 3.59. The van der Waals surface area contributed by atoms with Gasteiger partial charge in [-0.2, -0.15) is 4.98 Å². The maximum absolute atomic E-state index is 12.0. The number of hydrogen-bond acceptors (Lipinski definition) is 4. The molecule has 1 aromatic heterocycles. The van der Waals surface area contributed by atoms with E-state index in [9.17, 15) is 4.57 Å². The van der Waals surface area contributed by atoms with Crippen molar-refractivity contribution in [3.05, 3.63) is 42.2 Å². The maximum atomic E-state index is 12.0. The Morgan fingerprint density at radius 2 is 1.86 bits per heavy atom. The molecule has 2 aromatic rings. The molecular weight excluding hydrogens is 283 g/mol. The fraction of sp³-hybridized carbons (Fsp3) is 0.375. The van der Waals surface area contributed by atoms with Crippen LogP contribution in [0.25, 0.3) is 11.5 Å². The van der Waals surface area contributed by atoms with Crippen LogP contribution < -0.4 is 5.30 Å². The highest BCUT2D eigenvalue weighted by Gasteiger charge is 2.40. The summed E-state index contributed by atoms with van der Waals surface area (Å²) in [4.78, 5) is 4.51. The van der Waals surface area contributed by atoms with E-state index in [-0.39, 0.29) is 5.41 Å². The van der Waals surface area contributed by atoms with Gasteiger partial charge in [0.1, 0.15) is 7.14 Å². The minimum absolute atomic E-state index is 0.0404. The van der Waals surface area contributed by atoms with E-state index in [0.29, 0.717) is 5.89 Å². The molecule has 3 rings (SSSR count). The molecule has 21 heavy (non-hydrogen) atoms. The Bertz CT molecular complexity index is 732. The summed E-state index contributed by atoms with van der Waals surface area (Å²) < 4.78 is 17.4. The van der Waals surface area contributed by atoms with Crippen molar-refractivity contribution < 1.29 is 9.09 Å². The van der Waals surface area contributed by atoms with Crippen LogP contribution in [0.2, 0.25) is 0 Å². The van der Waals surface area contributed by atoms with Crippen LogP contribution in [0, 0.1) is 0 Å². The molecule has 1 aliphatic carbocycles. The molecule has 0 aliphatic heterocycles. The monoisotopic (exact) mass is 302 g/mol. The van der Waals surface area contributed by atoms with Crippen molar-refractivity contribution in [2.75, 3.05) is 13.3 Å². The lowest BCUT2D eigenvalue weighted by molar-refractivity contribution is 0.322. The summed E-state index contributed by atoms with van der Waals surface area (Å²) >= 11 is 0. The van der Waals surface area contributed by atoms with Crippen molar-refractivity contribution in [2.24, 2.45) is 0 Å². The molecule has 0 radical (unpaired) electrons. The topological polar surface area (TPSA) is 56.0 Å². The number of hydrogen-bond donors (Lipinski definition) is 0. The number of nitrogens with zero attached hydrogens (tertiary/aromatic N) is 2. The molecule has 0 spiro atoms. The summed E-state index contributed by atoms with van der Waals surface area (Å²) in [6.07, 6.45) is 1.83. The van der Waals surface area contributed by atoms with E-state index in [4.69, 9.17) is 4.52 Å². The van der Waals surface area contributed by atoms with Gasteiger partial charge < -0.3 is 9.09 Å². The smallest absolute Gasteiger partial charge is 0.257 e. The first-order chi connectivity index (χ1) is 9.78. The first-order valence-electron chi connectivity index (χ1n) is 6.95. The number of rotatable bonds is 3. The zero-order valence-corrected chi connectivity index (χ0v) is 13.5. The van der Waals surface area contributed by atoms with E-state index in [0.717, 1.165) is 29.5 Å². The van der Waals surface area contributed by atoms with E-state index < -0.39 is 7.14 Å². The predicted molar refractivity (Wildman–Crippen MR) is 84.5 cm³/mol. The molecule has 0 saturated heterocycles. The molecule has 0 unspecified atom stereocenters. The Balaban J connectivity index is 1.87. The lowest BCUT2D eigenvalue weighted by atomic mass is 9.67. The summed E-state index contributed by atoms with van der Waals surface area (Å²) in [5, 5.41) is 4.96. The van der Waals surface area contributed by atoms with Crippen molar-refractivity contribution in [3.8, 4) is 11.5 Å². The quantitative estimate of drug-likeness (QED) is 0.642. The zero-order valence-electron chi connectivity index (χ0n) is 12.6. The first kappa shape index (κ1) is 14.3. The summed E-state index contributed by atoms with van der Waals surface area (Å²) in [5.74, 6) is 1.25. The highest BCUT2D eigenvalue weighted by atomic mass is 31.2.